The molecule has 0 saturated carbocycles. The molecule has 0 aliphatic rings. The van der Waals surface area contributed by atoms with Gasteiger partial charge in [0.1, 0.15) is 0 Å². The molecule has 11 heavy (non-hydrogen) atoms. The van der Waals surface area contributed by atoms with E-state index in [-0.39, 0.29) is 5.54 Å². The van der Waals surface area contributed by atoms with E-state index in [1.807, 2.05) is 13.8 Å². The van der Waals surface area contributed by atoms with Gasteiger partial charge in [-0.3, -0.25) is 0 Å². The maximum Gasteiger partial charge on any atom is 0.153 e. The van der Waals surface area contributed by atoms with Gasteiger partial charge in [-0.05, 0) is 20.3 Å². The molecule has 68 valence electrons. The molecule has 0 saturated heterocycles. The van der Waals surface area contributed by atoms with Crippen molar-refractivity contribution in [2.75, 3.05) is 0 Å². The maximum absolute atomic E-state index is 12.7. The summed E-state index contributed by atoms with van der Waals surface area (Å²) in [6.45, 7) is 7.31. The van der Waals surface area contributed by atoms with Gasteiger partial charge in [0.05, 0.1) is 0 Å². The lowest BCUT2D eigenvalue weighted by Gasteiger charge is -2.33. The average Bonchev–Trinajstić information content (AvgIpc) is 1.56. The fraction of sp³-hybridized carbons (Fsp3) is 1.00. The molecule has 0 amide bonds. The minimum atomic E-state index is -1.30. The second-order valence-corrected chi connectivity index (χ2v) is 4.56. The molecule has 2 nitrogen and oxygen atoms in total. The van der Waals surface area contributed by atoms with Gasteiger partial charge in [0.2, 0.25) is 0 Å². The van der Waals surface area contributed by atoms with E-state index in [1.165, 1.54) is 0 Å². The van der Waals surface area contributed by atoms with Crippen LogP contribution < -0.4 is 11.5 Å². The van der Waals surface area contributed by atoms with Crippen LogP contribution >= 0.6 is 0 Å². The van der Waals surface area contributed by atoms with E-state index in [2.05, 4.69) is 0 Å². The number of halogens is 1. The monoisotopic (exact) mass is 162 g/mol. The van der Waals surface area contributed by atoms with E-state index >= 15 is 0 Å². The summed E-state index contributed by atoms with van der Waals surface area (Å²) in [6, 6.07) is 0. The highest BCUT2D eigenvalue weighted by Gasteiger charge is 2.31. The van der Waals surface area contributed by atoms with Gasteiger partial charge in [0.25, 0.3) is 0 Å². The van der Waals surface area contributed by atoms with Crippen LogP contribution in [-0.4, -0.2) is 11.8 Å². The van der Waals surface area contributed by atoms with Crippen molar-refractivity contribution in [2.45, 2.75) is 46.0 Å². The predicted molar refractivity (Wildman–Crippen MR) is 45.7 cm³/mol. The van der Waals surface area contributed by atoms with Gasteiger partial charge in [0.15, 0.2) is 6.30 Å². The smallest absolute Gasteiger partial charge is 0.153 e. The first-order valence-electron chi connectivity index (χ1n) is 3.84. The van der Waals surface area contributed by atoms with Crippen molar-refractivity contribution in [3.63, 3.8) is 0 Å². The molecule has 0 fully saturated rings. The van der Waals surface area contributed by atoms with Crippen LogP contribution in [0.4, 0.5) is 4.39 Å². The molecular formula is C8H19FN2. The molecule has 0 spiro atoms. The Hall–Kier alpha value is -0.150. The molecule has 0 aromatic carbocycles. The van der Waals surface area contributed by atoms with Crippen LogP contribution in [0.15, 0.2) is 0 Å². The van der Waals surface area contributed by atoms with Crippen LogP contribution in [0, 0.1) is 5.41 Å². The highest BCUT2D eigenvalue weighted by molar-refractivity contribution is 4.84. The summed E-state index contributed by atoms with van der Waals surface area (Å²) in [5.41, 5.74) is 10.0. The van der Waals surface area contributed by atoms with Crippen molar-refractivity contribution in [1.82, 2.24) is 0 Å². The van der Waals surface area contributed by atoms with Gasteiger partial charge >= 0.3 is 0 Å². The zero-order valence-electron chi connectivity index (χ0n) is 7.82. The fourth-order valence-electron chi connectivity index (χ4n) is 1.27. The third-order valence-electron chi connectivity index (χ3n) is 1.66. The Balaban J connectivity index is 4.13. The number of hydrogen-bond donors (Lipinski definition) is 2. The Kier molecular flexibility index (Phi) is 3.03. The van der Waals surface area contributed by atoms with Crippen LogP contribution in [-0.2, 0) is 0 Å². The van der Waals surface area contributed by atoms with E-state index in [0.29, 0.717) is 6.42 Å². The highest BCUT2D eigenvalue weighted by Crippen LogP contribution is 2.29. The molecule has 0 aliphatic heterocycles. The third-order valence-corrected chi connectivity index (χ3v) is 1.66. The predicted octanol–water partition coefficient (Wildman–Crippen LogP) is 1.39. The second-order valence-electron chi connectivity index (χ2n) is 4.56. The molecule has 3 heteroatoms. The number of nitrogens with two attached hydrogens (primary N) is 2. The second kappa shape index (κ2) is 3.07. The average molecular weight is 162 g/mol. The molecule has 1 atom stereocenters. The van der Waals surface area contributed by atoms with Crippen molar-refractivity contribution < 1.29 is 4.39 Å². The molecule has 1 unspecified atom stereocenters. The van der Waals surface area contributed by atoms with E-state index in [9.17, 15) is 4.39 Å². The number of rotatable bonds is 3. The van der Waals surface area contributed by atoms with Crippen molar-refractivity contribution in [3.8, 4) is 0 Å². The number of hydrogen-bond acceptors (Lipinski definition) is 2. The highest BCUT2D eigenvalue weighted by atomic mass is 19.1. The summed E-state index contributed by atoms with van der Waals surface area (Å²) in [6.07, 6.45) is -0.720. The first kappa shape index (κ1) is 10.8. The van der Waals surface area contributed by atoms with Gasteiger partial charge in [-0.2, -0.15) is 0 Å². The Labute approximate surface area is 68.1 Å². The lowest BCUT2D eigenvalue weighted by Crippen LogP contribution is -2.43. The maximum atomic E-state index is 12.7. The van der Waals surface area contributed by atoms with Crippen molar-refractivity contribution in [3.05, 3.63) is 0 Å². The molecule has 0 heterocycles. The summed E-state index contributed by atoms with van der Waals surface area (Å²) in [7, 11) is 0. The summed E-state index contributed by atoms with van der Waals surface area (Å²) >= 11 is 0. The lowest BCUT2D eigenvalue weighted by molar-refractivity contribution is 0.114. The van der Waals surface area contributed by atoms with Gasteiger partial charge in [-0.25, -0.2) is 4.39 Å². The SMILES string of the molecule is CC(C)(N)CC(C)(C)C(N)F. The normalized spacial score (nSPS) is 16.6. The van der Waals surface area contributed by atoms with E-state index in [1.54, 1.807) is 13.8 Å². The number of alkyl halides is 1. The third kappa shape index (κ3) is 4.32. The summed E-state index contributed by atoms with van der Waals surface area (Å²) in [5, 5.41) is 0. The van der Waals surface area contributed by atoms with Gasteiger partial charge < -0.3 is 11.5 Å². The van der Waals surface area contributed by atoms with Crippen molar-refractivity contribution in [1.29, 1.82) is 0 Å². The molecule has 0 aliphatic carbocycles. The first-order chi connectivity index (χ1) is 4.65. The zero-order valence-corrected chi connectivity index (χ0v) is 7.82. The van der Waals surface area contributed by atoms with Crippen LogP contribution in [0.3, 0.4) is 0 Å². The van der Waals surface area contributed by atoms with Crippen LogP contribution in [0.5, 0.6) is 0 Å². The fourth-order valence-corrected chi connectivity index (χ4v) is 1.27. The van der Waals surface area contributed by atoms with Gasteiger partial charge in [-0.1, -0.05) is 13.8 Å². The molecule has 0 bridgehead atoms. The first-order valence-corrected chi connectivity index (χ1v) is 3.84. The largest absolute Gasteiger partial charge is 0.326 e. The molecule has 0 radical (unpaired) electrons. The minimum absolute atomic E-state index is 0.354. The van der Waals surface area contributed by atoms with Crippen molar-refractivity contribution in [2.24, 2.45) is 16.9 Å². The Bertz CT molecular complexity index is 125. The van der Waals surface area contributed by atoms with Crippen LogP contribution in [0.25, 0.3) is 0 Å². The zero-order chi connectivity index (χ0) is 9.28. The molecular weight excluding hydrogens is 143 g/mol. The minimum Gasteiger partial charge on any atom is -0.326 e. The summed E-state index contributed by atoms with van der Waals surface area (Å²) < 4.78 is 12.7. The molecule has 0 aromatic rings. The van der Waals surface area contributed by atoms with E-state index < -0.39 is 11.7 Å². The summed E-state index contributed by atoms with van der Waals surface area (Å²) in [5.74, 6) is 0. The van der Waals surface area contributed by atoms with Crippen molar-refractivity contribution >= 4 is 0 Å². The topological polar surface area (TPSA) is 52.0 Å². The van der Waals surface area contributed by atoms with E-state index in [4.69, 9.17) is 11.5 Å². The van der Waals surface area contributed by atoms with Gasteiger partial charge in [0, 0.05) is 11.0 Å². The quantitative estimate of drug-likeness (QED) is 0.616. The molecule has 0 aromatic heterocycles. The lowest BCUT2D eigenvalue weighted by atomic mass is 9.80. The van der Waals surface area contributed by atoms with Gasteiger partial charge in [-0.15, -0.1) is 0 Å². The standard InChI is InChI=1S/C8H19FN2/c1-7(2,6(9)10)5-8(3,4)11/h6H,5,10-11H2,1-4H3. The summed E-state index contributed by atoms with van der Waals surface area (Å²) in [4.78, 5) is 0. The molecule has 4 N–H and O–H groups in total. The Morgan fingerprint density at radius 2 is 1.64 bits per heavy atom. The van der Waals surface area contributed by atoms with Crippen LogP contribution in [0.2, 0.25) is 0 Å². The molecule has 0 rings (SSSR count). The van der Waals surface area contributed by atoms with Crippen LogP contribution in [0.1, 0.15) is 34.1 Å². The van der Waals surface area contributed by atoms with E-state index in [0.717, 1.165) is 0 Å². The Morgan fingerprint density at radius 3 is 1.73 bits per heavy atom. The Morgan fingerprint density at radius 1 is 1.27 bits per heavy atom.